The fraction of sp³-hybridized carbons (Fsp3) is 0.571. The van der Waals surface area contributed by atoms with Gasteiger partial charge in [-0.1, -0.05) is 35.0 Å². The summed E-state index contributed by atoms with van der Waals surface area (Å²) in [5, 5.41) is 3.62. The predicted octanol–water partition coefficient (Wildman–Crippen LogP) is 3.77. The Hall–Kier alpha value is -0.340. The largest absolute Gasteiger partial charge is 0.314 e. The molecule has 1 aromatic rings. The first-order valence-corrected chi connectivity index (χ1v) is 7.01. The standard InChI is InChI=1S/C14H20BrN/c1-11-7-8-16-14(9-11)6-5-12-3-2-4-13(15)10-12/h2-4,10-11,14,16H,5-9H2,1H3. The minimum Gasteiger partial charge on any atom is -0.314 e. The molecule has 2 atom stereocenters. The van der Waals surface area contributed by atoms with Crippen molar-refractivity contribution in [2.24, 2.45) is 5.92 Å². The lowest BCUT2D eigenvalue weighted by Crippen LogP contribution is -2.37. The van der Waals surface area contributed by atoms with Gasteiger partial charge in [0.2, 0.25) is 0 Å². The summed E-state index contributed by atoms with van der Waals surface area (Å²) in [5.41, 5.74) is 1.44. The molecule has 0 radical (unpaired) electrons. The maximum atomic E-state index is 3.62. The minimum absolute atomic E-state index is 0.725. The summed E-state index contributed by atoms with van der Waals surface area (Å²) in [6.07, 6.45) is 5.13. The topological polar surface area (TPSA) is 12.0 Å². The summed E-state index contributed by atoms with van der Waals surface area (Å²) in [4.78, 5) is 0. The predicted molar refractivity (Wildman–Crippen MR) is 72.7 cm³/mol. The third kappa shape index (κ3) is 3.60. The summed E-state index contributed by atoms with van der Waals surface area (Å²) in [5.74, 6) is 0.897. The summed E-state index contributed by atoms with van der Waals surface area (Å²) < 4.78 is 1.19. The molecule has 88 valence electrons. The molecular weight excluding hydrogens is 262 g/mol. The Labute approximate surface area is 107 Å². The van der Waals surface area contributed by atoms with Gasteiger partial charge in [0.25, 0.3) is 0 Å². The molecule has 1 nitrogen and oxygen atoms in total. The van der Waals surface area contributed by atoms with Crippen molar-refractivity contribution in [3.05, 3.63) is 34.3 Å². The van der Waals surface area contributed by atoms with Crippen molar-refractivity contribution < 1.29 is 0 Å². The summed E-state index contributed by atoms with van der Waals surface area (Å²) >= 11 is 3.52. The number of halogens is 1. The monoisotopic (exact) mass is 281 g/mol. The number of hydrogen-bond acceptors (Lipinski definition) is 1. The fourth-order valence-corrected chi connectivity index (χ4v) is 2.92. The number of aryl methyl sites for hydroxylation is 1. The Morgan fingerprint density at radius 3 is 3.06 bits per heavy atom. The van der Waals surface area contributed by atoms with E-state index in [0.717, 1.165) is 12.0 Å². The van der Waals surface area contributed by atoms with Crippen molar-refractivity contribution >= 4 is 15.9 Å². The first-order valence-electron chi connectivity index (χ1n) is 6.22. The third-order valence-electron chi connectivity index (χ3n) is 3.43. The third-order valence-corrected chi connectivity index (χ3v) is 3.92. The van der Waals surface area contributed by atoms with Crippen molar-refractivity contribution in [2.75, 3.05) is 6.54 Å². The second kappa shape index (κ2) is 5.83. The van der Waals surface area contributed by atoms with E-state index in [9.17, 15) is 0 Å². The normalized spacial score (nSPS) is 25.6. The second-order valence-corrected chi connectivity index (χ2v) is 5.86. The van der Waals surface area contributed by atoms with Gasteiger partial charge >= 0.3 is 0 Å². The highest BCUT2D eigenvalue weighted by molar-refractivity contribution is 9.10. The number of rotatable bonds is 3. The van der Waals surface area contributed by atoms with Crippen molar-refractivity contribution in [3.63, 3.8) is 0 Å². The minimum atomic E-state index is 0.725. The summed E-state index contributed by atoms with van der Waals surface area (Å²) in [7, 11) is 0. The number of nitrogens with one attached hydrogen (secondary N) is 1. The quantitative estimate of drug-likeness (QED) is 0.890. The molecule has 1 fully saturated rings. The maximum absolute atomic E-state index is 3.62. The Kier molecular flexibility index (Phi) is 4.42. The Morgan fingerprint density at radius 2 is 2.31 bits per heavy atom. The molecule has 2 rings (SSSR count). The summed E-state index contributed by atoms with van der Waals surface area (Å²) in [6, 6.07) is 9.38. The maximum Gasteiger partial charge on any atom is 0.0177 e. The van der Waals surface area contributed by atoms with Crippen LogP contribution in [-0.2, 0) is 6.42 Å². The second-order valence-electron chi connectivity index (χ2n) is 4.95. The molecule has 1 heterocycles. The van der Waals surface area contributed by atoms with Crippen LogP contribution in [0.2, 0.25) is 0 Å². The highest BCUT2D eigenvalue weighted by atomic mass is 79.9. The van der Waals surface area contributed by atoms with E-state index in [1.54, 1.807) is 0 Å². The van der Waals surface area contributed by atoms with E-state index in [4.69, 9.17) is 0 Å². The lowest BCUT2D eigenvalue weighted by molar-refractivity contribution is 0.308. The van der Waals surface area contributed by atoms with Gasteiger partial charge in [0.05, 0.1) is 0 Å². The first-order chi connectivity index (χ1) is 7.74. The van der Waals surface area contributed by atoms with Crippen molar-refractivity contribution in [3.8, 4) is 0 Å². The molecule has 1 N–H and O–H groups in total. The zero-order chi connectivity index (χ0) is 11.4. The van der Waals surface area contributed by atoms with E-state index in [2.05, 4.69) is 52.4 Å². The molecule has 1 aliphatic rings. The van der Waals surface area contributed by atoms with Gasteiger partial charge < -0.3 is 5.32 Å². The van der Waals surface area contributed by atoms with Gasteiger partial charge in [0.1, 0.15) is 0 Å². The van der Waals surface area contributed by atoms with Crippen LogP contribution in [0.5, 0.6) is 0 Å². The van der Waals surface area contributed by atoms with Gasteiger partial charge in [-0.05, 0) is 55.8 Å². The van der Waals surface area contributed by atoms with Crippen LogP contribution in [-0.4, -0.2) is 12.6 Å². The van der Waals surface area contributed by atoms with Gasteiger partial charge in [0, 0.05) is 10.5 Å². The molecule has 1 saturated heterocycles. The SMILES string of the molecule is CC1CCNC(CCc2cccc(Br)c2)C1. The van der Waals surface area contributed by atoms with Crippen molar-refractivity contribution in [1.82, 2.24) is 5.32 Å². The van der Waals surface area contributed by atoms with Crippen LogP contribution in [0.3, 0.4) is 0 Å². The zero-order valence-electron chi connectivity index (χ0n) is 9.88. The molecule has 2 unspecified atom stereocenters. The number of benzene rings is 1. The van der Waals surface area contributed by atoms with Crippen LogP contribution < -0.4 is 5.32 Å². The molecule has 0 bridgehead atoms. The smallest absolute Gasteiger partial charge is 0.0177 e. The molecule has 16 heavy (non-hydrogen) atoms. The molecule has 0 aliphatic carbocycles. The van der Waals surface area contributed by atoms with E-state index in [1.807, 2.05) is 0 Å². The Bertz CT molecular complexity index is 337. The van der Waals surface area contributed by atoms with E-state index >= 15 is 0 Å². The van der Waals surface area contributed by atoms with Gasteiger partial charge in [0.15, 0.2) is 0 Å². The van der Waals surface area contributed by atoms with E-state index in [0.29, 0.717) is 0 Å². The highest BCUT2D eigenvalue weighted by Crippen LogP contribution is 2.19. The zero-order valence-corrected chi connectivity index (χ0v) is 11.5. The van der Waals surface area contributed by atoms with E-state index in [1.165, 1.54) is 42.3 Å². The van der Waals surface area contributed by atoms with Crippen LogP contribution in [0.4, 0.5) is 0 Å². The molecule has 0 spiro atoms. The molecule has 0 amide bonds. The first kappa shape index (κ1) is 12.1. The van der Waals surface area contributed by atoms with Gasteiger partial charge in [-0.2, -0.15) is 0 Å². The lowest BCUT2D eigenvalue weighted by Gasteiger charge is -2.28. The molecule has 1 aliphatic heterocycles. The Morgan fingerprint density at radius 1 is 1.44 bits per heavy atom. The number of hydrogen-bond donors (Lipinski definition) is 1. The van der Waals surface area contributed by atoms with Gasteiger partial charge in [-0.3, -0.25) is 0 Å². The van der Waals surface area contributed by atoms with Crippen LogP contribution in [0.25, 0.3) is 0 Å². The summed E-state index contributed by atoms with van der Waals surface area (Å²) in [6.45, 7) is 3.57. The van der Waals surface area contributed by atoms with Crippen LogP contribution in [0.1, 0.15) is 31.7 Å². The van der Waals surface area contributed by atoms with E-state index < -0.39 is 0 Å². The molecule has 2 heteroatoms. The lowest BCUT2D eigenvalue weighted by atomic mass is 9.91. The molecular formula is C14H20BrN. The van der Waals surface area contributed by atoms with Crippen LogP contribution >= 0.6 is 15.9 Å². The average molecular weight is 282 g/mol. The molecule has 0 saturated carbocycles. The average Bonchev–Trinajstić information content (AvgIpc) is 2.27. The van der Waals surface area contributed by atoms with Crippen LogP contribution in [0, 0.1) is 5.92 Å². The highest BCUT2D eigenvalue weighted by Gasteiger charge is 2.17. The number of piperidine rings is 1. The fourth-order valence-electron chi connectivity index (χ4n) is 2.47. The van der Waals surface area contributed by atoms with Gasteiger partial charge in [-0.25, -0.2) is 0 Å². The van der Waals surface area contributed by atoms with Gasteiger partial charge in [-0.15, -0.1) is 0 Å². The Balaban J connectivity index is 1.82. The molecule has 0 aromatic heterocycles. The van der Waals surface area contributed by atoms with E-state index in [-0.39, 0.29) is 0 Å². The van der Waals surface area contributed by atoms with Crippen molar-refractivity contribution in [2.45, 2.75) is 38.6 Å². The molecule has 1 aromatic carbocycles. The van der Waals surface area contributed by atoms with Crippen molar-refractivity contribution in [1.29, 1.82) is 0 Å². The van der Waals surface area contributed by atoms with Crippen LogP contribution in [0.15, 0.2) is 28.7 Å².